The fourth-order valence-corrected chi connectivity index (χ4v) is 2.83. The van der Waals surface area contributed by atoms with Gasteiger partial charge in [0.2, 0.25) is 0 Å². The summed E-state index contributed by atoms with van der Waals surface area (Å²) in [6.45, 7) is 4.71. The molecule has 0 aromatic heterocycles. The number of benzene rings is 1. The highest BCUT2D eigenvalue weighted by Gasteiger charge is 2.44. The molecule has 1 aromatic carbocycles. The normalized spacial score (nSPS) is 19.6. The van der Waals surface area contributed by atoms with E-state index in [4.69, 9.17) is 4.74 Å². The highest BCUT2D eigenvalue weighted by Crippen LogP contribution is 2.47. The maximum atomic E-state index is 10.5. The van der Waals surface area contributed by atoms with Crippen molar-refractivity contribution in [2.75, 3.05) is 6.61 Å². The van der Waals surface area contributed by atoms with Crippen LogP contribution in [0.2, 0.25) is 0 Å². The van der Waals surface area contributed by atoms with Gasteiger partial charge in [-0.05, 0) is 38.7 Å². The number of rotatable bonds is 6. The van der Waals surface area contributed by atoms with E-state index in [1.807, 2.05) is 19.9 Å². The van der Waals surface area contributed by atoms with Crippen molar-refractivity contribution in [1.29, 1.82) is 0 Å². The van der Waals surface area contributed by atoms with Gasteiger partial charge in [0, 0.05) is 12.0 Å². The van der Waals surface area contributed by atoms with E-state index in [-0.39, 0.29) is 17.6 Å². The van der Waals surface area contributed by atoms with E-state index in [0.717, 1.165) is 19.3 Å². The number of hydrogen-bond donors (Lipinski definition) is 1. The minimum Gasteiger partial charge on any atom is -0.392 e. The topological polar surface area (TPSA) is 29.5 Å². The quantitative estimate of drug-likeness (QED) is 0.837. The van der Waals surface area contributed by atoms with Gasteiger partial charge in [0.1, 0.15) is 0 Å². The van der Waals surface area contributed by atoms with Gasteiger partial charge in [-0.2, -0.15) is 0 Å². The standard InChI is InChI=1S/C16H24O2/c1-13(2)18-12-9-15(17)16(10-6-11-16)14-7-4-3-5-8-14/h3-5,7-8,13,15,17H,6,9-12H2,1-2H3. The van der Waals surface area contributed by atoms with Crippen LogP contribution in [0.15, 0.2) is 30.3 Å². The summed E-state index contributed by atoms with van der Waals surface area (Å²) >= 11 is 0. The van der Waals surface area contributed by atoms with Gasteiger partial charge in [0.25, 0.3) is 0 Å². The van der Waals surface area contributed by atoms with Crippen molar-refractivity contribution in [3.8, 4) is 0 Å². The first-order valence-corrected chi connectivity index (χ1v) is 7.00. The Morgan fingerprint density at radius 2 is 1.89 bits per heavy atom. The van der Waals surface area contributed by atoms with Crippen LogP contribution in [0.1, 0.15) is 45.1 Å². The fraction of sp³-hybridized carbons (Fsp3) is 0.625. The minimum atomic E-state index is -0.285. The van der Waals surface area contributed by atoms with Gasteiger partial charge >= 0.3 is 0 Å². The molecule has 2 rings (SSSR count). The van der Waals surface area contributed by atoms with Gasteiger partial charge in [-0.3, -0.25) is 0 Å². The molecule has 0 bridgehead atoms. The predicted octanol–water partition coefficient (Wildman–Crippen LogP) is 3.28. The summed E-state index contributed by atoms with van der Waals surface area (Å²) in [6.07, 6.45) is 4.10. The summed E-state index contributed by atoms with van der Waals surface area (Å²) in [5.74, 6) is 0. The van der Waals surface area contributed by atoms with Gasteiger partial charge in [-0.1, -0.05) is 36.8 Å². The van der Waals surface area contributed by atoms with Crippen LogP contribution in [0.5, 0.6) is 0 Å². The van der Waals surface area contributed by atoms with E-state index < -0.39 is 0 Å². The van der Waals surface area contributed by atoms with Crippen LogP contribution in [0.4, 0.5) is 0 Å². The molecule has 1 saturated carbocycles. The third kappa shape index (κ3) is 2.76. The van der Waals surface area contributed by atoms with Gasteiger partial charge in [-0.25, -0.2) is 0 Å². The molecule has 1 atom stereocenters. The van der Waals surface area contributed by atoms with Crippen LogP contribution in [0.3, 0.4) is 0 Å². The van der Waals surface area contributed by atoms with Crippen LogP contribution in [-0.4, -0.2) is 23.9 Å². The Morgan fingerprint density at radius 3 is 2.39 bits per heavy atom. The number of hydrogen-bond acceptors (Lipinski definition) is 2. The second-order valence-corrected chi connectivity index (χ2v) is 5.60. The molecule has 18 heavy (non-hydrogen) atoms. The number of ether oxygens (including phenoxy) is 1. The molecule has 1 aliphatic carbocycles. The van der Waals surface area contributed by atoms with Crippen LogP contribution in [0.25, 0.3) is 0 Å². The Kier molecular flexibility index (Phi) is 4.41. The van der Waals surface area contributed by atoms with E-state index in [9.17, 15) is 5.11 Å². The molecule has 1 aromatic rings. The second kappa shape index (κ2) is 5.85. The lowest BCUT2D eigenvalue weighted by atomic mass is 9.60. The van der Waals surface area contributed by atoms with Crippen molar-refractivity contribution >= 4 is 0 Å². The first-order valence-electron chi connectivity index (χ1n) is 7.00. The maximum absolute atomic E-state index is 10.5. The molecule has 0 radical (unpaired) electrons. The lowest BCUT2D eigenvalue weighted by Crippen LogP contribution is -2.46. The van der Waals surface area contributed by atoms with Gasteiger partial charge in [0.05, 0.1) is 12.2 Å². The molecular formula is C16H24O2. The molecule has 2 heteroatoms. The zero-order valence-electron chi connectivity index (χ0n) is 11.4. The number of aliphatic hydroxyl groups is 1. The second-order valence-electron chi connectivity index (χ2n) is 5.60. The fourth-order valence-electron chi connectivity index (χ4n) is 2.83. The lowest BCUT2D eigenvalue weighted by molar-refractivity contribution is -0.0108. The predicted molar refractivity (Wildman–Crippen MR) is 73.7 cm³/mol. The smallest absolute Gasteiger partial charge is 0.0658 e. The molecule has 100 valence electrons. The van der Waals surface area contributed by atoms with Crippen molar-refractivity contribution in [3.63, 3.8) is 0 Å². The van der Waals surface area contributed by atoms with Gasteiger partial charge in [0.15, 0.2) is 0 Å². The zero-order chi connectivity index (χ0) is 13.0. The van der Waals surface area contributed by atoms with E-state index >= 15 is 0 Å². The molecule has 0 spiro atoms. The monoisotopic (exact) mass is 248 g/mol. The third-order valence-corrected chi connectivity index (χ3v) is 4.07. The Morgan fingerprint density at radius 1 is 1.22 bits per heavy atom. The summed E-state index contributed by atoms with van der Waals surface area (Å²) in [4.78, 5) is 0. The molecule has 1 unspecified atom stereocenters. The van der Waals surface area contributed by atoms with Crippen molar-refractivity contribution in [1.82, 2.24) is 0 Å². The Balaban J connectivity index is 1.99. The molecule has 1 fully saturated rings. The first kappa shape index (κ1) is 13.6. The van der Waals surface area contributed by atoms with Crippen molar-refractivity contribution in [2.45, 2.75) is 57.2 Å². The molecule has 0 saturated heterocycles. The molecular weight excluding hydrogens is 224 g/mol. The Labute approximate surface area is 110 Å². The van der Waals surface area contributed by atoms with E-state index in [1.165, 1.54) is 12.0 Å². The zero-order valence-corrected chi connectivity index (χ0v) is 11.4. The Hall–Kier alpha value is -0.860. The Bertz CT molecular complexity index is 355. The molecule has 0 amide bonds. The number of aliphatic hydroxyl groups excluding tert-OH is 1. The molecule has 2 nitrogen and oxygen atoms in total. The summed E-state index contributed by atoms with van der Waals surface area (Å²) in [6, 6.07) is 10.4. The van der Waals surface area contributed by atoms with Crippen LogP contribution in [-0.2, 0) is 10.2 Å². The SMILES string of the molecule is CC(C)OCCC(O)C1(c2ccccc2)CCC1. The largest absolute Gasteiger partial charge is 0.392 e. The molecule has 0 aliphatic heterocycles. The molecule has 1 N–H and O–H groups in total. The van der Waals surface area contributed by atoms with Crippen molar-refractivity contribution in [2.24, 2.45) is 0 Å². The first-order chi connectivity index (χ1) is 8.65. The van der Waals surface area contributed by atoms with Crippen LogP contribution >= 0.6 is 0 Å². The van der Waals surface area contributed by atoms with Crippen molar-refractivity contribution < 1.29 is 9.84 Å². The van der Waals surface area contributed by atoms with E-state index in [0.29, 0.717) is 6.61 Å². The summed E-state index contributed by atoms with van der Waals surface area (Å²) in [7, 11) is 0. The summed E-state index contributed by atoms with van der Waals surface area (Å²) < 4.78 is 5.55. The maximum Gasteiger partial charge on any atom is 0.0658 e. The molecule has 0 heterocycles. The average Bonchev–Trinajstić information content (AvgIpc) is 2.28. The van der Waals surface area contributed by atoms with Gasteiger partial charge in [-0.15, -0.1) is 0 Å². The third-order valence-electron chi connectivity index (χ3n) is 4.07. The average molecular weight is 248 g/mol. The van der Waals surface area contributed by atoms with Crippen LogP contribution in [0, 0.1) is 0 Å². The lowest BCUT2D eigenvalue weighted by Gasteiger charge is -2.46. The molecule has 1 aliphatic rings. The van der Waals surface area contributed by atoms with Gasteiger partial charge < -0.3 is 9.84 Å². The van der Waals surface area contributed by atoms with E-state index in [2.05, 4.69) is 24.3 Å². The van der Waals surface area contributed by atoms with E-state index in [1.54, 1.807) is 0 Å². The van der Waals surface area contributed by atoms with Crippen LogP contribution < -0.4 is 0 Å². The highest BCUT2D eigenvalue weighted by molar-refractivity contribution is 5.29. The van der Waals surface area contributed by atoms with Crippen molar-refractivity contribution in [3.05, 3.63) is 35.9 Å². The highest BCUT2D eigenvalue weighted by atomic mass is 16.5. The summed E-state index contributed by atoms with van der Waals surface area (Å²) in [5.41, 5.74) is 1.27. The summed E-state index contributed by atoms with van der Waals surface area (Å²) in [5, 5.41) is 10.5. The minimum absolute atomic E-state index is 0.0123.